The van der Waals surface area contributed by atoms with Crippen molar-refractivity contribution in [2.45, 2.75) is 0 Å². The molecule has 0 aliphatic carbocycles. The van der Waals surface area contributed by atoms with Crippen LogP contribution in [0.1, 0.15) is 5.56 Å². The SMILES string of the molecule is C=Cc1ccc(OCO)cc1. The molecule has 1 aromatic carbocycles. The van der Waals surface area contributed by atoms with Crippen LogP contribution >= 0.6 is 0 Å². The maximum absolute atomic E-state index is 8.40. The molecule has 0 aromatic heterocycles. The van der Waals surface area contributed by atoms with Crippen molar-refractivity contribution in [3.8, 4) is 5.75 Å². The van der Waals surface area contributed by atoms with Gasteiger partial charge in [0.15, 0.2) is 6.79 Å². The molecule has 0 amide bonds. The lowest BCUT2D eigenvalue weighted by Gasteiger charge is -2.00. The summed E-state index contributed by atoms with van der Waals surface area (Å²) in [6, 6.07) is 7.32. The molecule has 0 spiro atoms. The molecule has 0 unspecified atom stereocenters. The highest BCUT2D eigenvalue weighted by atomic mass is 16.6. The summed E-state index contributed by atoms with van der Waals surface area (Å²) >= 11 is 0. The summed E-state index contributed by atoms with van der Waals surface area (Å²) in [5.74, 6) is 0.665. The van der Waals surface area contributed by atoms with Crippen LogP contribution in [0.5, 0.6) is 5.75 Å². The molecule has 0 atom stereocenters. The standard InChI is InChI=1S/C9H10O2/c1-2-8-3-5-9(6-4-8)11-7-10/h2-6,10H,1,7H2. The predicted octanol–water partition coefficient (Wildman–Crippen LogP) is 1.66. The van der Waals surface area contributed by atoms with E-state index in [-0.39, 0.29) is 6.79 Å². The average Bonchev–Trinajstić information content (AvgIpc) is 2.07. The first-order valence-corrected chi connectivity index (χ1v) is 3.33. The second-order valence-electron chi connectivity index (χ2n) is 2.05. The van der Waals surface area contributed by atoms with E-state index in [1.807, 2.05) is 12.1 Å². The van der Waals surface area contributed by atoms with Gasteiger partial charge in [0.05, 0.1) is 0 Å². The van der Waals surface area contributed by atoms with Crippen molar-refractivity contribution in [2.24, 2.45) is 0 Å². The van der Waals surface area contributed by atoms with Crippen molar-refractivity contribution < 1.29 is 9.84 Å². The summed E-state index contributed by atoms with van der Waals surface area (Å²) in [4.78, 5) is 0. The van der Waals surface area contributed by atoms with E-state index in [1.165, 1.54) is 0 Å². The zero-order valence-electron chi connectivity index (χ0n) is 6.16. The molecular weight excluding hydrogens is 140 g/mol. The molecule has 11 heavy (non-hydrogen) atoms. The van der Waals surface area contributed by atoms with Crippen LogP contribution in [0.3, 0.4) is 0 Å². The zero-order valence-corrected chi connectivity index (χ0v) is 6.16. The molecule has 0 aliphatic rings. The van der Waals surface area contributed by atoms with E-state index in [0.717, 1.165) is 5.56 Å². The molecule has 2 heteroatoms. The van der Waals surface area contributed by atoms with E-state index in [9.17, 15) is 0 Å². The minimum absolute atomic E-state index is 0.284. The highest BCUT2D eigenvalue weighted by Gasteiger charge is 1.89. The predicted molar refractivity (Wildman–Crippen MR) is 44.2 cm³/mol. The molecule has 1 N–H and O–H groups in total. The molecule has 0 bridgehead atoms. The third-order valence-corrected chi connectivity index (χ3v) is 1.35. The van der Waals surface area contributed by atoms with Crippen molar-refractivity contribution in [2.75, 3.05) is 6.79 Å². The number of aliphatic hydroxyl groups is 1. The molecule has 0 heterocycles. The number of aliphatic hydroxyl groups excluding tert-OH is 1. The van der Waals surface area contributed by atoms with Gasteiger partial charge in [-0.25, -0.2) is 0 Å². The number of hydrogen-bond donors (Lipinski definition) is 1. The van der Waals surface area contributed by atoms with E-state index in [2.05, 4.69) is 6.58 Å². The van der Waals surface area contributed by atoms with Crippen LogP contribution in [-0.2, 0) is 0 Å². The van der Waals surface area contributed by atoms with Crippen molar-refractivity contribution in [1.29, 1.82) is 0 Å². The zero-order chi connectivity index (χ0) is 8.10. The quantitative estimate of drug-likeness (QED) is 0.664. The van der Waals surface area contributed by atoms with Crippen molar-refractivity contribution >= 4 is 6.08 Å². The topological polar surface area (TPSA) is 29.5 Å². The van der Waals surface area contributed by atoms with Gasteiger partial charge >= 0.3 is 0 Å². The van der Waals surface area contributed by atoms with Gasteiger partial charge in [0, 0.05) is 0 Å². The number of benzene rings is 1. The largest absolute Gasteiger partial charge is 0.468 e. The van der Waals surface area contributed by atoms with Gasteiger partial charge in [-0.1, -0.05) is 24.8 Å². The van der Waals surface area contributed by atoms with Crippen molar-refractivity contribution in [3.05, 3.63) is 36.4 Å². The lowest BCUT2D eigenvalue weighted by molar-refractivity contribution is 0.0985. The first kappa shape index (κ1) is 7.82. The average molecular weight is 150 g/mol. The van der Waals surface area contributed by atoms with E-state index in [0.29, 0.717) is 5.75 Å². The van der Waals surface area contributed by atoms with Gasteiger partial charge in [-0.3, -0.25) is 0 Å². The molecule has 0 fully saturated rings. The number of ether oxygens (including phenoxy) is 1. The monoisotopic (exact) mass is 150 g/mol. The summed E-state index contributed by atoms with van der Waals surface area (Å²) in [6.07, 6.45) is 1.75. The Kier molecular flexibility index (Phi) is 2.69. The third kappa shape index (κ3) is 2.09. The van der Waals surface area contributed by atoms with Gasteiger partial charge in [-0.15, -0.1) is 0 Å². The van der Waals surface area contributed by atoms with Gasteiger partial charge < -0.3 is 9.84 Å². The van der Waals surface area contributed by atoms with E-state index in [4.69, 9.17) is 9.84 Å². The Hall–Kier alpha value is -1.28. The van der Waals surface area contributed by atoms with E-state index < -0.39 is 0 Å². The first-order valence-electron chi connectivity index (χ1n) is 3.33. The van der Waals surface area contributed by atoms with Crippen molar-refractivity contribution in [1.82, 2.24) is 0 Å². The first-order chi connectivity index (χ1) is 5.36. The van der Waals surface area contributed by atoms with Crippen LogP contribution in [0.2, 0.25) is 0 Å². The summed E-state index contributed by atoms with van der Waals surface area (Å²) in [5, 5.41) is 8.40. The Labute approximate surface area is 65.7 Å². The summed E-state index contributed by atoms with van der Waals surface area (Å²) in [7, 11) is 0. The molecule has 58 valence electrons. The number of rotatable bonds is 3. The lowest BCUT2D eigenvalue weighted by Crippen LogP contribution is -1.93. The third-order valence-electron chi connectivity index (χ3n) is 1.35. The Morgan fingerprint density at radius 1 is 1.36 bits per heavy atom. The van der Waals surface area contributed by atoms with Gasteiger partial charge in [-0.2, -0.15) is 0 Å². The lowest BCUT2D eigenvalue weighted by atomic mass is 10.2. The maximum atomic E-state index is 8.40. The van der Waals surface area contributed by atoms with Crippen LogP contribution in [0.25, 0.3) is 6.08 Å². The highest BCUT2D eigenvalue weighted by molar-refractivity contribution is 5.48. The Morgan fingerprint density at radius 2 is 2.00 bits per heavy atom. The van der Waals surface area contributed by atoms with Gasteiger partial charge in [0.1, 0.15) is 5.75 Å². The Balaban J connectivity index is 2.74. The fourth-order valence-corrected chi connectivity index (χ4v) is 0.775. The summed E-state index contributed by atoms with van der Waals surface area (Å²) in [5.41, 5.74) is 1.04. The number of hydrogen-bond acceptors (Lipinski definition) is 2. The molecule has 0 aliphatic heterocycles. The second kappa shape index (κ2) is 3.78. The minimum atomic E-state index is -0.284. The molecule has 2 nitrogen and oxygen atoms in total. The normalized spacial score (nSPS) is 9.18. The molecule has 0 radical (unpaired) electrons. The van der Waals surface area contributed by atoms with Crippen LogP contribution in [0.15, 0.2) is 30.8 Å². The molecule has 0 saturated heterocycles. The highest BCUT2D eigenvalue weighted by Crippen LogP contribution is 2.11. The van der Waals surface area contributed by atoms with Gasteiger partial charge in [-0.05, 0) is 17.7 Å². The van der Waals surface area contributed by atoms with Crippen LogP contribution in [0, 0.1) is 0 Å². The van der Waals surface area contributed by atoms with Crippen LogP contribution in [-0.4, -0.2) is 11.9 Å². The second-order valence-corrected chi connectivity index (χ2v) is 2.05. The maximum Gasteiger partial charge on any atom is 0.186 e. The summed E-state index contributed by atoms with van der Waals surface area (Å²) in [6.45, 7) is 3.33. The molecule has 1 rings (SSSR count). The summed E-state index contributed by atoms with van der Waals surface area (Å²) < 4.78 is 4.83. The minimum Gasteiger partial charge on any atom is -0.468 e. The van der Waals surface area contributed by atoms with E-state index >= 15 is 0 Å². The molecule has 0 saturated carbocycles. The smallest absolute Gasteiger partial charge is 0.186 e. The van der Waals surface area contributed by atoms with Gasteiger partial charge in [0.2, 0.25) is 0 Å². The van der Waals surface area contributed by atoms with E-state index in [1.54, 1.807) is 18.2 Å². The molecule has 1 aromatic rings. The van der Waals surface area contributed by atoms with Gasteiger partial charge in [0.25, 0.3) is 0 Å². The fourth-order valence-electron chi connectivity index (χ4n) is 0.775. The van der Waals surface area contributed by atoms with Crippen LogP contribution < -0.4 is 4.74 Å². The van der Waals surface area contributed by atoms with Crippen LogP contribution in [0.4, 0.5) is 0 Å². The Bertz CT molecular complexity index is 226. The van der Waals surface area contributed by atoms with Crippen molar-refractivity contribution in [3.63, 3.8) is 0 Å². The fraction of sp³-hybridized carbons (Fsp3) is 0.111. The Morgan fingerprint density at radius 3 is 2.45 bits per heavy atom. The molecular formula is C9H10O2.